The number of terminal acetylenes is 1. The molecule has 0 amide bonds. The van der Waals surface area contributed by atoms with Gasteiger partial charge in [-0.05, 0) is 12.5 Å². The second kappa shape index (κ2) is 3.89. The lowest BCUT2D eigenvalue weighted by Gasteiger charge is -1.83. The highest BCUT2D eigenvalue weighted by atomic mass is 32.2. The fourth-order valence-electron chi connectivity index (χ4n) is 0.166. The van der Waals surface area contributed by atoms with Gasteiger partial charge in [0.25, 0.3) is 0 Å². The zero-order valence-electron chi connectivity index (χ0n) is 4.64. The van der Waals surface area contributed by atoms with Crippen molar-refractivity contribution in [2.45, 2.75) is 0 Å². The van der Waals surface area contributed by atoms with Crippen LogP contribution < -0.4 is 0 Å². The van der Waals surface area contributed by atoms with Crippen LogP contribution in [0.25, 0.3) is 0 Å². The van der Waals surface area contributed by atoms with Crippen molar-refractivity contribution in [3.63, 3.8) is 0 Å². The summed E-state index contributed by atoms with van der Waals surface area (Å²) in [5, 5.41) is 0. The third-order valence-corrected chi connectivity index (χ3v) is 1.06. The average Bonchev–Trinajstić information content (AvgIpc) is 1.61. The Balaban J connectivity index is 3.32. The molecule has 0 bridgehead atoms. The van der Waals surface area contributed by atoms with Gasteiger partial charge in [-0.1, -0.05) is 5.92 Å². The lowest BCUT2D eigenvalue weighted by atomic mass is 10.7. The summed E-state index contributed by atoms with van der Waals surface area (Å²) in [5.74, 6) is 2.44. The minimum Gasteiger partial charge on any atom is -0.252 e. The van der Waals surface area contributed by atoms with E-state index in [2.05, 4.69) is 10.3 Å². The van der Waals surface area contributed by atoms with Gasteiger partial charge in [0, 0.05) is 0 Å². The lowest BCUT2D eigenvalue weighted by Crippen LogP contribution is -1.79. The van der Waals surface area contributed by atoms with Crippen LogP contribution in [0.4, 0.5) is 0 Å². The van der Waals surface area contributed by atoms with Crippen LogP contribution in [0.2, 0.25) is 0 Å². The molecule has 7 heavy (non-hydrogen) atoms. The highest BCUT2D eigenvalue weighted by molar-refractivity contribution is 7.85. The van der Waals surface area contributed by atoms with E-state index in [1.807, 2.05) is 12.5 Å². The Hall–Kier alpha value is -0.290. The van der Waals surface area contributed by atoms with Crippen molar-refractivity contribution < 1.29 is 0 Å². The van der Waals surface area contributed by atoms with Crippen molar-refractivity contribution in [1.82, 2.24) is 0 Å². The molecule has 2 heteroatoms. The van der Waals surface area contributed by atoms with E-state index in [1.54, 1.807) is 0 Å². The third-order valence-electron chi connectivity index (χ3n) is 0.414. The van der Waals surface area contributed by atoms with E-state index < -0.39 is 0 Å². The van der Waals surface area contributed by atoms with E-state index in [-0.39, 0.29) is 10.7 Å². The van der Waals surface area contributed by atoms with Crippen LogP contribution in [0.3, 0.4) is 0 Å². The monoisotopic (exact) mass is 115 g/mol. The molecule has 0 spiro atoms. The van der Waals surface area contributed by atoms with Gasteiger partial charge in [0.2, 0.25) is 0 Å². The topological polar surface area (TPSA) is 12.4 Å². The molecule has 0 atom stereocenters. The van der Waals surface area contributed by atoms with Crippen molar-refractivity contribution >= 4 is 10.7 Å². The van der Waals surface area contributed by atoms with Gasteiger partial charge in [0.1, 0.15) is 6.54 Å². The van der Waals surface area contributed by atoms with E-state index >= 15 is 0 Å². The molecule has 0 saturated heterocycles. The van der Waals surface area contributed by atoms with Crippen LogP contribution in [0.15, 0.2) is 4.36 Å². The quantitative estimate of drug-likeness (QED) is 0.446. The first kappa shape index (κ1) is 6.71. The van der Waals surface area contributed by atoms with Gasteiger partial charge in [0.05, 0.1) is 0 Å². The predicted molar refractivity (Wildman–Crippen MR) is 35.3 cm³/mol. The third kappa shape index (κ3) is 5.71. The standard InChI is InChI=1S/C5H9NS/c1-4-5-6-7(2)3/h1H,5H2,2-3H3. The Morgan fingerprint density at radius 2 is 2.29 bits per heavy atom. The maximum absolute atomic E-state index is 4.94. The summed E-state index contributed by atoms with van der Waals surface area (Å²) in [6.07, 6.45) is 9.02. The molecule has 0 aromatic carbocycles. The van der Waals surface area contributed by atoms with Crippen molar-refractivity contribution in [2.24, 2.45) is 4.36 Å². The zero-order valence-corrected chi connectivity index (χ0v) is 5.46. The molecule has 1 nitrogen and oxygen atoms in total. The first-order chi connectivity index (χ1) is 3.27. The number of hydrogen-bond acceptors (Lipinski definition) is 1. The average molecular weight is 115 g/mol. The smallest absolute Gasteiger partial charge is 0.106 e. The molecule has 0 aliphatic rings. The maximum Gasteiger partial charge on any atom is 0.106 e. The van der Waals surface area contributed by atoms with E-state index in [0.717, 1.165) is 0 Å². The Morgan fingerprint density at radius 3 is 2.43 bits per heavy atom. The molecule has 0 aliphatic carbocycles. The molecule has 0 saturated carbocycles. The van der Waals surface area contributed by atoms with Gasteiger partial charge >= 0.3 is 0 Å². The largest absolute Gasteiger partial charge is 0.252 e. The molecule has 0 aromatic rings. The van der Waals surface area contributed by atoms with E-state index in [0.29, 0.717) is 6.54 Å². The summed E-state index contributed by atoms with van der Waals surface area (Å²) < 4.78 is 4.03. The normalized spacial score (nSPS) is 8.29. The zero-order chi connectivity index (χ0) is 5.70. The number of nitrogens with zero attached hydrogens (tertiary/aromatic N) is 1. The van der Waals surface area contributed by atoms with Crippen LogP contribution in [0.5, 0.6) is 0 Å². The predicted octanol–water partition coefficient (Wildman–Crippen LogP) is 0.681. The molecule has 0 heterocycles. The first-order valence-corrected chi connectivity index (χ1v) is 3.96. The second-order valence-corrected chi connectivity index (χ2v) is 3.07. The lowest BCUT2D eigenvalue weighted by molar-refractivity contribution is 1.33. The van der Waals surface area contributed by atoms with E-state index in [1.165, 1.54) is 0 Å². The van der Waals surface area contributed by atoms with Gasteiger partial charge < -0.3 is 0 Å². The van der Waals surface area contributed by atoms with Gasteiger partial charge in [-0.3, -0.25) is 4.36 Å². The SMILES string of the molecule is C#CCN=S(C)C. The molecule has 0 unspecified atom stereocenters. The summed E-state index contributed by atoms with van der Waals surface area (Å²) >= 11 is 0. The number of hydrogen-bond donors (Lipinski definition) is 0. The Bertz CT molecular complexity index is 106. The molecular formula is C5H9NS. The van der Waals surface area contributed by atoms with Crippen LogP contribution >= 0.6 is 0 Å². The Labute approximate surface area is 47.2 Å². The van der Waals surface area contributed by atoms with E-state index in [9.17, 15) is 0 Å². The van der Waals surface area contributed by atoms with Gasteiger partial charge in [-0.25, -0.2) is 0 Å². The molecule has 0 aromatic heterocycles. The molecule has 40 valence electrons. The minimum absolute atomic E-state index is 0.167. The van der Waals surface area contributed by atoms with Crippen molar-refractivity contribution in [3.05, 3.63) is 0 Å². The Kier molecular flexibility index (Phi) is 3.72. The summed E-state index contributed by atoms with van der Waals surface area (Å²) in [6, 6.07) is 0. The van der Waals surface area contributed by atoms with Crippen molar-refractivity contribution in [3.8, 4) is 12.3 Å². The molecule has 0 aliphatic heterocycles. The summed E-state index contributed by atoms with van der Waals surface area (Å²) in [4.78, 5) is 0. The van der Waals surface area contributed by atoms with E-state index in [4.69, 9.17) is 6.42 Å². The molecule has 0 fully saturated rings. The summed E-state index contributed by atoms with van der Waals surface area (Å²) in [7, 11) is 0.167. The molecule has 0 N–H and O–H groups in total. The molecule has 0 rings (SSSR count). The fraction of sp³-hybridized carbons (Fsp3) is 0.600. The highest BCUT2D eigenvalue weighted by Gasteiger charge is 1.68. The Morgan fingerprint density at radius 1 is 1.71 bits per heavy atom. The van der Waals surface area contributed by atoms with Crippen LogP contribution in [0.1, 0.15) is 0 Å². The summed E-state index contributed by atoms with van der Waals surface area (Å²) in [5.41, 5.74) is 0. The van der Waals surface area contributed by atoms with Crippen LogP contribution in [-0.2, 0) is 10.7 Å². The highest BCUT2D eigenvalue weighted by Crippen LogP contribution is 1.72. The number of rotatable bonds is 1. The molecular weight excluding hydrogens is 106 g/mol. The minimum atomic E-state index is 0.167. The second-order valence-electron chi connectivity index (χ2n) is 1.26. The van der Waals surface area contributed by atoms with Crippen molar-refractivity contribution in [2.75, 3.05) is 19.1 Å². The van der Waals surface area contributed by atoms with Gasteiger partial charge in [-0.2, -0.15) is 0 Å². The summed E-state index contributed by atoms with van der Waals surface area (Å²) in [6.45, 7) is 0.566. The maximum atomic E-state index is 4.94. The molecule has 0 radical (unpaired) electrons. The van der Waals surface area contributed by atoms with Gasteiger partial charge in [-0.15, -0.1) is 17.1 Å². The fourth-order valence-corrected chi connectivity index (χ4v) is 0.499. The van der Waals surface area contributed by atoms with Crippen molar-refractivity contribution in [1.29, 1.82) is 0 Å². The first-order valence-electron chi connectivity index (χ1n) is 1.96. The van der Waals surface area contributed by atoms with Gasteiger partial charge in [0.15, 0.2) is 0 Å². The van der Waals surface area contributed by atoms with Crippen LogP contribution in [0, 0.1) is 12.3 Å². The van der Waals surface area contributed by atoms with Crippen LogP contribution in [-0.4, -0.2) is 19.1 Å².